The van der Waals surface area contributed by atoms with Gasteiger partial charge in [0.05, 0.1) is 0 Å². The molecule has 0 N–H and O–H groups in total. The van der Waals surface area contributed by atoms with Gasteiger partial charge in [-0.2, -0.15) is 11.8 Å². The maximum absolute atomic E-state index is 12.3. The van der Waals surface area contributed by atoms with Crippen molar-refractivity contribution in [3.63, 3.8) is 0 Å². The highest BCUT2D eigenvalue weighted by Gasteiger charge is 2.38. The highest BCUT2D eigenvalue weighted by molar-refractivity contribution is 8.00. The van der Waals surface area contributed by atoms with Crippen LogP contribution in [-0.2, 0) is 11.3 Å². The number of carbonyl (C=O) groups is 1. The van der Waals surface area contributed by atoms with Crippen LogP contribution in [0.25, 0.3) is 0 Å². The monoisotopic (exact) mass is 281 g/mol. The van der Waals surface area contributed by atoms with E-state index in [1.165, 1.54) is 43.1 Å². The Morgan fingerprint density at radius 3 is 2.89 bits per heavy atom. The highest BCUT2D eigenvalue weighted by atomic mass is 32.2. The molecule has 2 fully saturated rings. The van der Waals surface area contributed by atoms with E-state index in [-0.39, 0.29) is 12.5 Å². The SMILES string of the molecule is O=C(Cn1cnnn1)N1CCSC2(CCCCC2)C1. The Bertz CT molecular complexity index is 424. The van der Waals surface area contributed by atoms with E-state index in [0.717, 1.165) is 18.8 Å². The second kappa shape index (κ2) is 5.48. The molecular formula is C12H19N5OS. The number of hydrogen-bond acceptors (Lipinski definition) is 5. The standard InChI is InChI=1S/C12H19N5OS/c18-11(8-17-10-13-14-15-17)16-6-7-19-12(9-16)4-2-1-3-5-12/h10H,1-9H2. The van der Waals surface area contributed by atoms with E-state index >= 15 is 0 Å². The Balaban J connectivity index is 1.62. The first kappa shape index (κ1) is 12.9. The average Bonchev–Trinajstić information content (AvgIpc) is 2.92. The summed E-state index contributed by atoms with van der Waals surface area (Å²) in [4.78, 5) is 14.3. The van der Waals surface area contributed by atoms with Crippen molar-refractivity contribution in [2.24, 2.45) is 0 Å². The lowest BCUT2D eigenvalue weighted by Crippen LogP contribution is -2.50. The van der Waals surface area contributed by atoms with Crippen LogP contribution in [0, 0.1) is 0 Å². The molecule has 1 saturated heterocycles. The summed E-state index contributed by atoms with van der Waals surface area (Å²) in [6.45, 7) is 2.01. The molecule has 0 unspecified atom stereocenters. The normalized spacial score (nSPS) is 22.6. The minimum Gasteiger partial charge on any atom is -0.339 e. The van der Waals surface area contributed by atoms with Gasteiger partial charge in [-0.3, -0.25) is 4.79 Å². The molecule has 3 rings (SSSR count). The van der Waals surface area contributed by atoms with Crippen LogP contribution in [0.2, 0.25) is 0 Å². The number of carbonyl (C=O) groups excluding carboxylic acids is 1. The van der Waals surface area contributed by atoms with Gasteiger partial charge in [0.2, 0.25) is 5.91 Å². The van der Waals surface area contributed by atoms with E-state index in [9.17, 15) is 4.79 Å². The molecule has 0 radical (unpaired) electrons. The van der Waals surface area contributed by atoms with Gasteiger partial charge in [-0.1, -0.05) is 19.3 Å². The summed E-state index contributed by atoms with van der Waals surface area (Å²) in [7, 11) is 0. The van der Waals surface area contributed by atoms with E-state index in [0.29, 0.717) is 4.75 Å². The van der Waals surface area contributed by atoms with Crippen LogP contribution >= 0.6 is 11.8 Å². The lowest BCUT2D eigenvalue weighted by Gasteiger charge is -2.44. The maximum atomic E-state index is 12.3. The number of amides is 1. The number of hydrogen-bond donors (Lipinski definition) is 0. The van der Waals surface area contributed by atoms with Crippen LogP contribution in [-0.4, -0.2) is 54.6 Å². The van der Waals surface area contributed by atoms with E-state index in [2.05, 4.69) is 27.3 Å². The summed E-state index contributed by atoms with van der Waals surface area (Å²) in [5.74, 6) is 1.19. The summed E-state index contributed by atoms with van der Waals surface area (Å²) < 4.78 is 1.82. The van der Waals surface area contributed by atoms with Gasteiger partial charge in [-0.15, -0.1) is 5.10 Å². The molecule has 1 aliphatic carbocycles. The molecule has 2 aliphatic rings. The minimum absolute atomic E-state index is 0.137. The van der Waals surface area contributed by atoms with Crippen molar-refractivity contribution in [3.05, 3.63) is 6.33 Å². The average molecular weight is 281 g/mol. The Kier molecular flexibility index (Phi) is 3.72. The molecule has 1 saturated carbocycles. The Hall–Kier alpha value is -1.11. The van der Waals surface area contributed by atoms with E-state index in [1.54, 1.807) is 0 Å². The molecular weight excluding hydrogens is 262 g/mol. The molecule has 6 nitrogen and oxygen atoms in total. The van der Waals surface area contributed by atoms with Gasteiger partial charge in [0.1, 0.15) is 12.9 Å². The quantitative estimate of drug-likeness (QED) is 0.807. The number of rotatable bonds is 2. The Labute approximate surface area is 116 Å². The smallest absolute Gasteiger partial charge is 0.244 e. The van der Waals surface area contributed by atoms with Crippen LogP contribution in [0.15, 0.2) is 6.33 Å². The zero-order valence-corrected chi connectivity index (χ0v) is 11.8. The predicted octanol–water partition coefficient (Wildman–Crippen LogP) is 0.951. The first-order valence-electron chi connectivity index (χ1n) is 6.90. The zero-order valence-electron chi connectivity index (χ0n) is 11.0. The molecule has 7 heteroatoms. The van der Waals surface area contributed by atoms with Crippen LogP contribution in [0.3, 0.4) is 0 Å². The second-order valence-electron chi connectivity index (χ2n) is 5.41. The van der Waals surface area contributed by atoms with Crippen LogP contribution in [0.5, 0.6) is 0 Å². The van der Waals surface area contributed by atoms with Crippen molar-refractivity contribution in [2.45, 2.75) is 43.4 Å². The fourth-order valence-electron chi connectivity index (χ4n) is 3.05. The number of nitrogens with zero attached hydrogens (tertiary/aromatic N) is 5. The van der Waals surface area contributed by atoms with E-state index in [1.807, 2.05) is 4.90 Å². The molecule has 1 aliphatic heterocycles. The largest absolute Gasteiger partial charge is 0.339 e. The topological polar surface area (TPSA) is 63.9 Å². The van der Waals surface area contributed by atoms with Crippen LogP contribution in [0.1, 0.15) is 32.1 Å². The van der Waals surface area contributed by atoms with Gasteiger partial charge in [-0.25, -0.2) is 4.68 Å². The van der Waals surface area contributed by atoms with Gasteiger partial charge >= 0.3 is 0 Å². The van der Waals surface area contributed by atoms with E-state index < -0.39 is 0 Å². The molecule has 1 spiro atoms. The van der Waals surface area contributed by atoms with Gasteiger partial charge in [-0.05, 0) is 23.3 Å². The molecule has 1 amide bonds. The third-order valence-corrected chi connectivity index (χ3v) is 5.59. The molecule has 2 heterocycles. The molecule has 1 aromatic rings. The zero-order chi connectivity index (χ0) is 13.1. The molecule has 0 aromatic carbocycles. The van der Waals surface area contributed by atoms with Crippen molar-refractivity contribution < 1.29 is 4.79 Å². The number of thioether (sulfide) groups is 1. The van der Waals surface area contributed by atoms with E-state index in [4.69, 9.17) is 0 Å². The maximum Gasteiger partial charge on any atom is 0.244 e. The number of aromatic nitrogens is 4. The first-order valence-corrected chi connectivity index (χ1v) is 7.89. The van der Waals surface area contributed by atoms with Crippen molar-refractivity contribution in [1.29, 1.82) is 0 Å². The van der Waals surface area contributed by atoms with Crippen molar-refractivity contribution in [1.82, 2.24) is 25.1 Å². The summed E-state index contributed by atoms with van der Waals surface area (Å²) in [5.41, 5.74) is 0. The molecule has 1 aromatic heterocycles. The van der Waals surface area contributed by atoms with Gasteiger partial charge in [0.25, 0.3) is 0 Å². The fourth-order valence-corrected chi connectivity index (χ4v) is 4.62. The summed E-state index contributed by atoms with van der Waals surface area (Å²) in [6.07, 6.45) is 7.97. The lowest BCUT2D eigenvalue weighted by molar-refractivity contribution is -0.132. The van der Waals surface area contributed by atoms with Crippen LogP contribution in [0.4, 0.5) is 0 Å². The molecule has 104 valence electrons. The summed E-state index contributed by atoms with van der Waals surface area (Å²) >= 11 is 2.07. The third-order valence-electron chi connectivity index (χ3n) is 4.05. The molecule has 0 atom stereocenters. The minimum atomic E-state index is 0.137. The summed E-state index contributed by atoms with van der Waals surface area (Å²) in [6, 6.07) is 0. The third kappa shape index (κ3) is 2.91. The van der Waals surface area contributed by atoms with Crippen molar-refractivity contribution >= 4 is 17.7 Å². The predicted molar refractivity (Wildman–Crippen MR) is 72.7 cm³/mol. The van der Waals surface area contributed by atoms with Gasteiger partial charge in [0.15, 0.2) is 0 Å². The number of tetrazole rings is 1. The van der Waals surface area contributed by atoms with Crippen LogP contribution < -0.4 is 0 Å². The Morgan fingerprint density at radius 1 is 1.32 bits per heavy atom. The van der Waals surface area contributed by atoms with Gasteiger partial charge < -0.3 is 4.90 Å². The van der Waals surface area contributed by atoms with Crippen molar-refractivity contribution in [2.75, 3.05) is 18.8 Å². The first-order chi connectivity index (χ1) is 9.27. The Morgan fingerprint density at radius 2 is 2.16 bits per heavy atom. The lowest BCUT2D eigenvalue weighted by atomic mass is 9.87. The molecule has 19 heavy (non-hydrogen) atoms. The fraction of sp³-hybridized carbons (Fsp3) is 0.833. The summed E-state index contributed by atoms with van der Waals surface area (Å²) in [5, 5.41) is 10.9. The van der Waals surface area contributed by atoms with Gasteiger partial charge in [0, 0.05) is 23.6 Å². The van der Waals surface area contributed by atoms with Crippen molar-refractivity contribution in [3.8, 4) is 0 Å². The molecule has 0 bridgehead atoms. The highest BCUT2D eigenvalue weighted by Crippen LogP contribution is 2.42. The second-order valence-corrected chi connectivity index (χ2v) is 6.98.